The van der Waals surface area contributed by atoms with E-state index in [-0.39, 0.29) is 11.8 Å². The van der Waals surface area contributed by atoms with Gasteiger partial charge >= 0.3 is 0 Å². The fourth-order valence-electron chi connectivity index (χ4n) is 2.27. The smallest absolute Gasteiger partial charge is 0.266 e. The number of thiophene rings is 1. The molecule has 5 nitrogen and oxygen atoms in total. The Balaban J connectivity index is 2.15. The first-order chi connectivity index (χ1) is 11.2. The van der Waals surface area contributed by atoms with Crippen LogP contribution in [0.15, 0.2) is 36.0 Å². The van der Waals surface area contributed by atoms with E-state index in [1.54, 1.807) is 30.6 Å². The van der Waals surface area contributed by atoms with Crippen LogP contribution in [0.1, 0.15) is 46.7 Å². The Morgan fingerprint density at radius 1 is 1.13 bits per heavy atom. The number of pyridine rings is 1. The first-order valence-corrected chi connectivity index (χ1v) is 8.63. The molecule has 0 spiro atoms. The number of carbonyl (C=O) groups is 2. The van der Waals surface area contributed by atoms with Crippen LogP contribution in [0.3, 0.4) is 0 Å². The molecule has 1 N–H and O–H groups in total. The molecule has 2 rings (SSSR count). The van der Waals surface area contributed by atoms with Crippen LogP contribution in [0.5, 0.6) is 0 Å². The first kappa shape index (κ1) is 17.1. The topological polar surface area (TPSA) is 62.3 Å². The fraction of sp³-hybridized carbons (Fsp3) is 0.353. The Morgan fingerprint density at radius 2 is 1.78 bits per heavy atom. The van der Waals surface area contributed by atoms with E-state index in [9.17, 15) is 9.59 Å². The highest BCUT2D eigenvalue weighted by Gasteiger charge is 2.20. The summed E-state index contributed by atoms with van der Waals surface area (Å²) in [5.41, 5.74) is 1.09. The lowest BCUT2D eigenvalue weighted by Crippen LogP contribution is -2.32. The Kier molecular flexibility index (Phi) is 6.29. The van der Waals surface area contributed by atoms with Crippen LogP contribution in [0.25, 0.3) is 0 Å². The van der Waals surface area contributed by atoms with Crippen LogP contribution < -0.4 is 5.32 Å². The highest BCUT2D eigenvalue weighted by molar-refractivity contribution is 7.12. The van der Waals surface area contributed by atoms with E-state index in [1.165, 1.54) is 11.3 Å². The summed E-state index contributed by atoms with van der Waals surface area (Å²) in [4.78, 5) is 31.3. The highest BCUT2D eigenvalue weighted by Crippen LogP contribution is 2.25. The molecule has 2 aromatic rings. The van der Waals surface area contributed by atoms with Crippen molar-refractivity contribution in [3.63, 3.8) is 0 Å². The molecule has 2 amide bonds. The number of nitrogens with one attached hydrogen (secondary N) is 1. The maximum absolute atomic E-state index is 12.7. The van der Waals surface area contributed by atoms with Gasteiger partial charge in [-0.2, -0.15) is 0 Å². The number of carbonyl (C=O) groups excluding carboxylic acids is 2. The normalized spacial score (nSPS) is 10.3. The SMILES string of the molecule is CCCN(CCC)C(=O)c1sccc1NC(=O)c1ccncc1. The largest absolute Gasteiger partial charge is 0.338 e. The molecule has 0 fully saturated rings. The van der Waals surface area contributed by atoms with Gasteiger partial charge in [-0.1, -0.05) is 13.8 Å². The van der Waals surface area contributed by atoms with Crippen molar-refractivity contribution in [1.29, 1.82) is 0 Å². The van der Waals surface area contributed by atoms with Gasteiger partial charge in [-0.05, 0) is 36.4 Å². The predicted molar refractivity (Wildman–Crippen MR) is 93.0 cm³/mol. The molecule has 0 bridgehead atoms. The van der Waals surface area contributed by atoms with Gasteiger partial charge in [0.2, 0.25) is 0 Å². The summed E-state index contributed by atoms with van der Waals surface area (Å²) in [5.74, 6) is -0.258. The van der Waals surface area contributed by atoms with Crippen LogP contribution >= 0.6 is 11.3 Å². The molecule has 0 aromatic carbocycles. The second-order valence-electron chi connectivity index (χ2n) is 5.15. The monoisotopic (exact) mass is 331 g/mol. The van der Waals surface area contributed by atoms with E-state index in [2.05, 4.69) is 24.1 Å². The minimum atomic E-state index is -0.239. The van der Waals surface area contributed by atoms with Gasteiger partial charge < -0.3 is 10.2 Å². The number of nitrogens with zero attached hydrogens (tertiary/aromatic N) is 2. The minimum absolute atomic E-state index is 0.0197. The average molecular weight is 331 g/mol. The third kappa shape index (κ3) is 4.39. The van der Waals surface area contributed by atoms with E-state index in [0.717, 1.165) is 25.9 Å². The Bertz CT molecular complexity index is 649. The summed E-state index contributed by atoms with van der Waals surface area (Å²) < 4.78 is 0. The zero-order valence-corrected chi connectivity index (χ0v) is 14.2. The van der Waals surface area contributed by atoms with E-state index >= 15 is 0 Å². The lowest BCUT2D eigenvalue weighted by Gasteiger charge is -2.21. The van der Waals surface area contributed by atoms with Crippen LogP contribution in [0.4, 0.5) is 5.69 Å². The maximum atomic E-state index is 12.7. The molecule has 0 radical (unpaired) electrons. The third-order valence-electron chi connectivity index (χ3n) is 3.32. The standard InChI is InChI=1S/C17H21N3O2S/c1-3-10-20(11-4-2)17(22)15-14(7-12-23-15)19-16(21)13-5-8-18-9-6-13/h5-9,12H,3-4,10-11H2,1-2H3,(H,19,21). The fourth-order valence-corrected chi connectivity index (χ4v) is 3.09. The Morgan fingerprint density at radius 3 is 2.39 bits per heavy atom. The minimum Gasteiger partial charge on any atom is -0.338 e. The molecule has 0 saturated carbocycles. The van der Waals surface area contributed by atoms with E-state index in [0.29, 0.717) is 16.1 Å². The number of rotatable bonds is 7. The van der Waals surface area contributed by atoms with Gasteiger partial charge in [0.25, 0.3) is 11.8 Å². The maximum Gasteiger partial charge on any atom is 0.266 e. The summed E-state index contributed by atoms with van der Waals surface area (Å²) in [7, 11) is 0. The molecule has 6 heteroatoms. The molecule has 23 heavy (non-hydrogen) atoms. The van der Waals surface area contributed by atoms with Gasteiger partial charge in [0.15, 0.2) is 0 Å². The highest BCUT2D eigenvalue weighted by atomic mass is 32.1. The molecule has 2 aromatic heterocycles. The zero-order valence-electron chi connectivity index (χ0n) is 13.4. The number of hydrogen-bond donors (Lipinski definition) is 1. The molecule has 0 saturated heterocycles. The lowest BCUT2D eigenvalue weighted by atomic mass is 10.2. The molecule has 0 atom stereocenters. The van der Waals surface area contributed by atoms with Gasteiger partial charge in [0, 0.05) is 31.0 Å². The molecule has 0 aliphatic rings. The van der Waals surface area contributed by atoms with E-state index in [4.69, 9.17) is 0 Å². The molecule has 0 aliphatic carbocycles. The Hall–Kier alpha value is -2.21. The van der Waals surface area contributed by atoms with Gasteiger partial charge in [-0.15, -0.1) is 11.3 Å². The molecule has 2 heterocycles. The van der Waals surface area contributed by atoms with Crippen LogP contribution in [0, 0.1) is 0 Å². The lowest BCUT2D eigenvalue weighted by molar-refractivity contribution is 0.0761. The van der Waals surface area contributed by atoms with Crippen molar-refractivity contribution in [3.05, 3.63) is 46.4 Å². The first-order valence-electron chi connectivity index (χ1n) is 7.75. The molecular weight excluding hydrogens is 310 g/mol. The molecule has 0 aliphatic heterocycles. The van der Waals surface area contributed by atoms with Gasteiger partial charge in [-0.3, -0.25) is 14.6 Å². The van der Waals surface area contributed by atoms with Crippen molar-refractivity contribution < 1.29 is 9.59 Å². The molecular formula is C17H21N3O2S. The average Bonchev–Trinajstić information content (AvgIpc) is 3.03. The third-order valence-corrected chi connectivity index (χ3v) is 4.23. The van der Waals surface area contributed by atoms with Gasteiger partial charge in [-0.25, -0.2) is 0 Å². The number of hydrogen-bond acceptors (Lipinski definition) is 4. The number of amides is 2. The molecule has 0 unspecified atom stereocenters. The van der Waals surface area contributed by atoms with Crippen LogP contribution in [0.2, 0.25) is 0 Å². The van der Waals surface area contributed by atoms with Crippen LogP contribution in [-0.4, -0.2) is 34.8 Å². The molecule has 122 valence electrons. The van der Waals surface area contributed by atoms with Crippen molar-refractivity contribution in [2.45, 2.75) is 26.7 Å². The summed E-state index contributed by atoms with van der Waals surface area (Å²) >= 11 is 1.36. The summed E-state index contributed by atoms with van der Waals surface area (Å²) in [5, 5.41) is 4.65. The quantitative estimate of drug-likeness (QED) is 0.842. The number of aromatic nitrogens is 1. The van der Waals surface area contributed by atoms with Crippen molar-refractivity contribution in [1.82, 2.24) is 9.88 Å². The van der Waals surface area contributed by atoms with E-state index < -0.39 is 0 Å². The zero-order chi connectivity index (χ0) is 16.7. The Labute approximate surface area is 140 Å². The second-order valence-corrected chi connectivity index (χ2v) is 6.06. The van der Waals surface area contributed by atoms with Gasteiger partial charge in [0.05, 0.1) is 5.69 Å². The van der Waals surface area contributed by atoms with Crippen molar-refractivity contribution in [3.8, 4) is 0 Å². The second kappa shape index (κ2) is 8.43. The number of anilines is 1. The van der Waals surface area contributed by atoms with E-state index in [1.807, 2.05) is 10.3 Å². The van der Waals surface area contributed by atoms with Crippen LogP contribution in [-0.2, 0) is 0 Å². The van der Waals surface area contributed by atoms with Crippen molar-refractivity contribution in [2.75, 3.05) is 18.4 Å². The van der Waals surface area contributed by atoms with Crippen molar-refractivity contribution in [2.24, 2.45) is 0 Å². The summed E-state index contributed by atoms with van der Waals surface area (Å²) in [6.07, 6.45) is 4.96. The predicted octanol–water partition coefficient (Wildman–Crippen LogP) is 3.66. The van der Waals surface area contributed by atoms with Crippen molar-refractivity contribution >= 4 is 28.8 Å². The summed E-state index contributed by atoms with van der Waals surface area (Å²) in [6.45, 7) is 5.55. The summed E-state index contributed by atoms with van der Waals surface area (Å²) in [6, 6.07) is 5.06. The van der Waals surface area contributed by atoms with Gasteiger partial charge in [0.1, 0.15) is 4.88 Å².